The molecule has 1 rings (SSSR count). The number of nitrogens with zero attached hydrogens (tertiary/aromatic N) is 1. The topological polar surface area (TPSA) is 85.1 Å². The van der Waals surface area contributed by atoms with Crippen LogP contribution in [0.4, 0.5) is 13.2 Å². The number of rotatable bonds is 4. The molecule has 0 radical (unpaired) electrons. The van der Waals surface area contributed by atoms with E-state index in [9.17, 15) is 21.6 Å². The summed E-state index contributed by atoms with van der Waals surface area (Å²) in [5.41, 5.74) is 5.69. The third kappa shape index (κ3) is 4.29. The first kappa shape index (κ1) is 13.9. The van der Waals surface area contributed by atoms with Gasteiger partial charge in [0.15, 0.2) is 0 Å². The molecule has 1 aromatic heterocycles. The van der Waals surface area contributed by atoms with Crippen molar-refractivity contribution in [3.05, 3.63) is 24.0 Å². The number of hydrogen-bond acceptors (Lipinski definition) is 4. The number of nitrogens with two attached hydrogens (primary N) is 1. The fourth-order valence-corrected chi connectivity index (χ4v) is 1.91. The Morgan fingerprint density at radius 3 is 2.41 bits per heavy atom. The molecule has 0 aliphatic heterocycles. The van der Waals surface area contributed by atoms with Gasteiger partial charge in [0, 0.05) is 12.7 Å². The minimum Gasteiger partial charge on any atom is -0.325 e. The van der Waals surface area contributed by atoms with E-state index in [4.69, 9.17) is 5.73 Å². The SMILES string of the molecule is NCc1ccc(S(=O)(=O)NCC(F)(F)F)cn1. The second-order valence-corrected chi connectivity index (χ2v) is 4.90. The lowest BCUT2D eigenvalue weighted by molar-refractivity contribution is -0.121. The van der Waals surface area contributed by atoms with Crippen LogP contribution in [0.3, 0.4) is 0 Å². The number of halogens is 3. The molecular formula is C8H10F3N3O2S. The van der Waals surface area contributed by atoms with Crippen LogP contribution in [0.15, 0.2) is 23.2 Å². The monoisotopic (exact) mass is 269 g/mol. The molecule has 0 saturated heterocycles. The van der Waals surface area contributed by atoms with Crippen LogP contribution in [-0.2, 0) is 16.6 Å². The summed E-state index contributed by atoms with van der Waals surface area (Å²) in [6.45, 7) is -1.50. The first-order chi connectivity index (χ1) is 7.74. The van der Waals surface area contributed by atoms with E-state index in [-0.39, 0.29) is 11.4 Å². The van der Waals surface area contributed by atoms with Crippen LogP contribution in [0.5, 0.6) is 0 Å². The normalized spacial score (nSPS) is 12.7. The van der Waals surface area contributed by atoms with E-state index >= 15 is 0 Å². The molecule has 3 N–H and O–H groups in total. The smallest absolute Gasteiger partial charge is 0.325 e. The zero-order valence-electron chi connectivity index (χ0n) is 8.53. The van der Waals surface area contributed by atoms with E-state index in [2.05, 4.69) is 4.98 Å². The summed E-state index contributed by atoms with van der Waals surface area (Å²) in [6.07, 6.45) is -3.64. The fourth-order valence-electron chi connectivity index (χ4n) is 0.951. The minimum atomic E-state index is -4.60. The molecule has 0 aromatic carbocycles. The van der Waals surface area contributed by atoms with Gasteiger partial charge in [-0.2, -0.15) is 13.2 Å². The molecule has 9 heteroatoms. The Kier molecular flexibility index (Phi) is 4.07. The molecule has 1 heterocycles. The van der Waals surface area contributed by atoms with Crippen molar-refractivity contribution in [2.24, 2.45) is 5.73 Å². The Hall–Kier alpha value is -1.19. The molecule has 0 fully saturated rings. The van der Waals surface area contributed by atoms with Crippen LogP contribution in [0.25, 0.3) is 0 Å². The fraction of sp³-hybridized carbons (Fsp3) is 0.375. The van der Waals surface area contributed by atoms with E-state index < -0.39 is 22.7 Å². The zero-order valence-corrected chi connectivity index (χ0v) is 9.35. The number of hydrogen-bond donors (Lipinski definition) is 2. The van der Waals surface area contributed by atoms with Gasteiger partial charge in [0.2, 0.25) is 10.0 Å². The lowest BCUT2D eigenvalue weighted by atomic mass is 10.4. The van der Waals surface area contributed by atoms with Gasteiger partial charge in [-0.25, -0.2) is 13.1 Å². The standard InChI is InChI=1S/C8H10F3N3O2S/c9-8(10,11)5-14-17(15,16)7-2-1-6(3-12)13-4-7/h1-2,4,14H,3,5,12H2. The average molecular weight is 269 g/mol. The number of aromatic nitrogens is 1. The summed E-state index contributed by atoms with van der Waals surface area (Å²) < 4.78 is 59.8. The Morgan fingerprint density at radius 2 is 2.00 bits per heavy atom. The maximum atomic E-state index is 11.9. The highest BCUT2D eigenvalue weighted by molar-refractivity contribution is 7.89. The van der Waals surface area contributed by atoms with Gasteiger partial charge in [0.25, 0.3) is 0 Å². The van der Waals surface area contributed by atoms with Crippen LogP contribution < -0.4 is 10.5 Å². The summed E-state index contributed by atoms with van der Waals surface area (Å²) >= 11 is 0. The number of sulfonamides is 1. The van der Waals surface area contributed by atoms with Gasteiger partial charge in [-0.1, -0.05) is 0 Å². The van der Waals surface area contributed by atoms with Crippen LogP contribution in [0.1, 0.15) is 5.69 Å². The molecule has 0 spiro atoms. The van der Waals surface area contributed by atoms with Gasteiger partial charge in [0.1, 0.15) is 11.4 Å². The Bertz CT molecular complexity index is 470. The second-order valence-electron chi connectivity index (χ2n) is 3.13. The molecule has 0 saturated carbocycles. The van der Waals surface area contributed by atoms with Crippen molar-refractivity contribution in [2.45, 2.75) is 17.6 Å². The largest absolute Gasteiger partial charge is 0.402 e. The molecular weight excluding hydrogens is 259 g/mol. The minimum absolute atomic E-state index is 0.121. The molecule has 0 amide bonds. The maximum Gasteiger partial charge on any atom is 0.402 e. The van der Waals surface area contributed by atoms with Gasteiger partial charge < -0.3 is 5.73 Å². The summed E-state index contributed by atoms with van der Waals surface area (Å²) in [5, 5.41) is 0. The van der Waals surface area contributed by atoms with Gasteiger partial charge in [-0.15, -0.1) is 0 Å². The van der Waals surface area contributed by atoms with Gasteiger partial charge >= 0.3 is 6.18 Å². The summed E-state index contributed by atoms with van der Waals surface area (Å²) in [4.78, 5) is 3.35. The van der Waals surface area contributed by atoms with E-state index in [0.717, 1.165) is 12.3 Å². The molecule has 96 valence electrons. The number of pyridine rings is 1. The van der Waals surface area contributed by atoms with Crippen molar-refractivity contribution >= 4 is 10.0 Å². The molecule has 1 aromatic rings. The lowest BCUT2D eigenvalue weighted by Gasteiger charge is -2.09. The molecule has 0 unspecified atom stereocenters. The van der Waals surface area contributed by atoms with Crippen molar-refractivity contribution in [3.8, 4) is 0 Å². The highest BCUT2D eigenvalue weighted by atomic mass is 32.2. The Morgan fingerprint density at radius 1 is 1.35 bits per heavy atom. The highest BCUT2D eigenvalue weighted by Gasteiger charge is 2.30. The zero-order chi connectivity index (χ0) is 13.1. The van der Waals surface area contributed by atoms with Crippen molar-refractivity contribution < 1.29 is 21.6 Å². The molecule has 0 aliphatic carbocycles. The van der Waals surface area contributed by atoms with E-state index in [1.807, 2.05) is 0 Å². The molecule has 0 bridgehead atoms. The van der Waals surface area contributed by atoms with Crippen molar-refractivity contribution in [1.82, 2.24) is 9.71 Å². The van der Waals surface area contributed by atoms with E-state index in [1.54, 1.807) is 0 Å². The third-order valence-electron chi connectivity index (χ3n) is 1.78. The number of alkyl halides is 3. The van der Waals surface area contributed by atoms with Crippen LogP contribution in [-0.4, -0.2) is 26.1 Å². The van der Waals surface area contributed by atoms with E-state index in [0.29, 0.717) is 5.69 Å². The predicted octanol–water partition coefficient (Wildman–Crippen LogP) is 0.381. The first-order valence-corrected chi connectivity index (χ1v) is 5.94. The van der Waals surface area contributed by atoms with E-state index in [1.165, 1.54) is 10.8 Å². The maximum absolute atomic E-state index is 11.9. The molecule has 0 atom stereocenters. The van der Waals surface area contributed by atoms with Crippen LogP contribution in [0.2, 0.25) is 0 Å². The Balaban J connectivity index is 2.82. The average Bonchev–Trinajstić information content (AvgIpc) is 2.26. The predicted molar refractivity (Wildman–Crippen MR) is 53.4 cm³/mol. The Labute approximate surface area is 95.9 Å². The highest BCUT2D eigenvalue weighted by Crippen LogP contribution is 2.14. The first-order valence-electron chi connectivity index (χ1n) is 4.46. The van der Waals surface area contributed by atoms with Gasteiger partial charge in [-0.05, 0) is 12.1 Å². The van der Waals surface area contributed by atoms with Crippen LogP contribution >= 0.6 is 0 Å². The summed E-state index contributed by atoms with van der Waals surface area (Å²) in [7, 11) is -4.19. The van der Waals surface area contributed by atoms with Crippen molar-refractivity contribution in [2.75, 3.05) is 6.54 Å². The lowest BCUT2D eigenvalue weighted by Crippen LogP contribution is -2.33. The quantitative estimate of drug-likeness (QED) is 0.827. The van der Waals surface area contributed by atoms with Crippen molar-refractivity contribution in [3.63, 3.8) is 0 Å². The molecule has 0 aliphatic rings. The summed E-state index contributed by atoms with van der Waals surface area (Å²) in [6, 6.07) is 2.48. The second kappa shape index (κ2) is 4.98. The molecule has 17 heavy (non-hydrogen) atoms. The molecule has 5 nitrogen and oxygen atoms in total. The van der Waals surface area contributed by atoms with Crippen molar-refractivity contribution in [1.29, 1.82) is 0 Å². The van der Waals surface area contributed by atoms with Crippen LogP contribution in [0, 0.1) is 0 Å². The van der Waals surface area contributed by atoms with Gasteiger partial charge in [-0.3, -0.25) is 4.98 Å². The third-order valence-corrected chi connectivity index (χ3v) is 3.17. The summed E-state index contributed by atoms with van der Waals surface area (Å²) in [5.74, 6) is 0. The van der Waals surface area contributed by atoms with Gasteiger partial charge in [0.05, 0.1) is 5.69 Å². The number of nitrogens with one attached hydrogen (secondary N) is 1.